The van der Waals surface area contributed by atoms with Crippen LogP contribution in [0.2, 0.25) is 13.1 Å². The monoisotopic (exact) mass is 415 g/mol. The van der Waals surface area contributed by atoms with Crippen molar-refractivity contribution in [2.75, 3.05) is 11.9 Å². The summed E-state index contributed by atoms with van der Waals surface area (Å²) in [7, 11) is -1.31. The number of benzene rings is 1. The van der Waals surface area contributed by atoms with Crippen molar-refractivity contribution in [1.82, 2.24) is 0 Å². The van der Waals surface area contributed by atoms with Crippen LogP contribution >= 0.6 is 0 Å². The van der Waals surface area contributed by atoms with Crippen molar-refractivity contribution < 1.29 is 33.0 Å². The van der Waals surface area contributed by atoms with E-state index >= 15 is 0 Å². The van der Waals surface area contributed by atoms with Crippen molar-refractivity contribution in [3.63, 3.8) is 0 Å². The highest BCUT2D eigenvalue weighted by atomic mass is 28.3. The van der Waals surface area contributed by atoms with E-state index in [0.29, 0.717) is 6.61 Å². The highest BCUT2D eigenvalue weighted by molar-refractivity contribution is 6.48. The van der Waals surface area contributed by atoms with Crippen molar-refractivity contribution in [2.45, 2.75) is 40.3 Å². The molecule has 1 unspecified atom stereocenters. The highest BCUT2D eigenvalue weighted by Gasteiger charge is 2.28. The number of carboxylic acids is 2. The predicted molar refractivity (Wildman–Crippen MR) is 105 cm³/mol. The van der Waals surface area contributed by atoms with E-state index in [4.69, 9.17) is 14.6 Å². The average Bonchev–Trinajstić information content (AvgIpc) is 2.54. The predicted octanol–water partition coefficient (Wildman–Crippen LogP) is 3.63. The third kappa shape index (κ3) is 6.72. The van der Waals surface area contributed by atoms with Gasteiger partial charge in [0.15, 0.2) is 26.2 Å². The van der Waals surface area contributed by atoms with Gasteiger partial charge >= 0.3 is 11.9 Å². The summed E-state index contributed by atoms with van der Waals surface area (Å²) in [6.45, 7) is 10.3. The third-order valence-corrected chi connectivity index (χ3v) is 5.19. The molecular weight excluding hydrogens is 388 g/mol. The van der Waals surface area contributed by atoms with Crippen LogP contribution < -0.4 is 5.32 Å². The van der Waals surface area contributed by atoms with E-state index in [9.17, 15) is 18.4 Å². The first-order valence-electron chi connectivity index (χ1n) is 8.86. The first-order valence-corrected chi connectivity index (χ1v) is 11.6. The fraction of sp³-hybridized carbons (Fsp3) is 0.474. The van der Waals surface area contributed by atoms with E-state index in [1.54, 1.807) is 0 Å². The van der Waals surface area contributed by atoms with Gasteiger partial charge in [-0.25, -0.2) is 18.4 Å². The van der Waals surface area contributed by atoms with Crippen LogP contribution in [-0.4, -0.2) is 37.8 Å². The summed E-state index contributed by atoms with van der Waals surface area (Å²) in [5.74, 6) is -5.52. The molecule has 0 bridgehead atoms. The second-order valence-electron chi connectivity index (χ2n) is 7.85. The molecule has 0 aliphatic heterocycles. The van der Waals surface area contributed by atoms with E-state index in [1.165, 1.54) is 6.07 Å². The molecule has 0 fully saturated rings. The highest BCUT2D eigenvalue weighted by Crippen LogP contribution is 2.33. The van der Waals surface area contributed by atoms with Gasteiger partial charge in [0.2, 0.25) is 0 Å². The summed E-state index contributed by atoms with van der Waals surface area (Å²) in [6, 6.07) is 2.16. The smallest absolute Gasteiger partial charge is 0.344 e. The Morgan fingerprint density at radius 3 is 2.25 bits per heavy atom. The molecule has 0 aliphatic carbocycles. The summed E-state index contributed by atoms with van der Waals surface area (Å²) in [5.41, 5.74) is -1.06. The Labute approximate surface area is 164 Å². The van der Waals surface area contributed by atoms with Gasteiger partial charge in [-0.2, -0.15) is 0 Å². The SMILES string of the molecule is C[SiH](C)OCC(Cc1c(NC=C(C(=O)O)C(=O)O)ccc(F)c1F)C(C)(C)C. The minimum Gasteiger partial charge on any atom is -0.477 e. The molecule has 3 N–H and O–H groups in total. The molecule has 9 heteroatoms. The zero-order chi connectivity index (χ0) is 21.6. The van der Waals surface area contributed by atoms with Gasteiger partial charge < -0.3 is 20.0 Å². The molecule has 6 nitrogen and oxygen atoms in total. The first-order chi connectivity index (χ1) is 12.8. The number of halogens is 2. The normalized spacial score (nSPS) is 12.6. The number of carbonyl (C=O) groups is 2. The fourth-order valence-corrected chi connectivity index (χ4v) is 3.08. The zero-order valence-electron chi connectivity index (χ0n) is 16.7. The van der Waals surface area contributed by atoms with E-state index in [2.05, 4.69) is 5.32 Å². The summed E-state index contributed by atoms with van der Waals surface area (Å²) >= 11 is 0. The van der Waals surface area contributed by atoms with Gasteiger partial charge in [0.1, 0.15) is 0 Å². The standard InChI is InChI=1S/C19H27F2NO5Si/c1-19(2,3)11(10-27-28(4)5)8-12-15(7-6-14(20)16(12)21)22-9-13(17(23)24)18(25)26/h6-7,9,11,22,28H,8,10H2,1-5H3,(H,23,24)(H,25,26). The lowest BCUT2D eigenvalue weighted by molar-refractivity contribution is -0.140. The van der Waals surface area contributed by atoms with Crippen LogP contribution in [0.3, 0.4) is 0 Å². The molecule has 1 aromatic carbocycles. The first kappa shape index (κ1) is 23.8. The summed E-state index contributed by atoms with van der Waals surface area (Å²) in [4.78, 5) is 22.0. The maximum atomic E-state index is 14.6. The summed E-state index contributed by atoms with van der Waals surface area (Å²) in [5, 5.41) is 20.4. The number of carboxylic acid groups (broad SMARTS) is 2. The molecule has 1 rings (SSSR count). The Balaban J connectivity index is 3.29. The van der Waals surface area contributed by atoms with E-state index < -0.39 is 38.2 Å². The second-order valence-corrected chi connectivity index (χ2v) is 10.3. The molecule has 0 aliphatic rings. The van der Waals surface area contributed by atoms with Crippen LogP contribution in [0.1, 0.15) is 26.3 Å². The summed E-state index contributed by atoms with van der Waals surface area (Å²) < 4.78 is 34.2. The Morgan fingerprint density at radius 1 is 1.21 bits per heavy atom. The van der Waals surface area contributed by atoms with Gasteiger partial charge in [-0.3, -0.25) is 0 Å². The van der Waals surface area contributed by atoms with Crippen LogP contribution in [0.5, 0.6) is 0 Å². The Hall–Kier alpha value is -2.26. The van der Waals surface area contributed by atoms with Gasteiger partial charge in [0, 0.05) is 24.1 Å². The van der Waals surface area contributed by atoms with Crippen molar-refractivity contribution in [3.8, 4) is 0 Å². The minimum absolute atomic E-state index is 0.0142. The number of anilines is 1. The molecule has 0 saturated carbocycles. The quantitative estimate of drug-likeness (QED) is 0.247. The van der Waals surface area contributed by atoms with E-state index in [1.807, 2.05) is 33.9 Å². The lowest BCUT2D eigenvalue weighted by Crippen LogP contribution is -2.30. The number of nitrogens with one attached hydrogen (secondary N) is 1. The van der Waals surface area contributed by atoms with Gasteiger partial charge in [0.05, 0.1) is 0 Å². The maximum Gasteiger partial charge on any atom is 0.344 e. The molecule has 1 atom stereocenters. The van der Waals surface area contributed by atoms with Gasteiger partial charge in [-0.1, -0.05) is 20.8 Å². The number of aliphatic carboxylic acids is 2. The zero-order valence-corrected chi connectivity index (χ0v) is 17.8. The molecular formula is C19H27F2NO5Si. The average molecular weight is 416 g/mol. The Kier molecular flexibility index (Phi) is 8.31. The number of hydrogen-bond donors (Lipinski definition) is 3. The Morgan fingerprint density at radius 2 is 1.79 bits per heavy atom. The summed E-state index contributed by atoms with van der Waals surface area (Å²) in [6.07, 6.45) is 0.893. The van der Waals surface area contributed by atoms with Crippen molar-refractivity contribution >= 4 is 26.7 Å². The van der Waals surface area contributed by atoms with Crippen molar-refractivity contribution in [3.05, 3.63) is 41.1 Å². The van der Waals surface area contributed by atoms with E-state index in [-0.39, 0.29) is 29.0 Å². The molecule has 0 radical (unpaired) electrons. The van der Waals surface area contributed by atoms with Crippen LogP contribution in [0.25, 0.3) is 0 Å². The van der Waals surface area contributed by atoms with Gasteiger partial charge in [0.25, 0.3) is 0 Å². The molecule has 0 amide bonds. The molecule has 0 spiro atoms. The largest absolute Gasteiger partial charge is 0.477 e. The van der Waals surface area contributed by atoms with Crippen LogP contribution in [-0.2, 0) is 20.4 Å². The molecule has 1 aromatic rings. The topological polar surface area (TPSA) is 95.9 Å². The van der Waals surface area contributed by atoms with Crippen LogP contribution in [0.15, 0.2) is 23.9 Å². The molecule has 28 heavy (non-hydrogen) atoms. The number of hydrogen-bond acceptors (Lipinski definition) is 4. The number of rotatable bonds is 9. The molecule has 156 valence electrons. The maximum absolute atomic E-state index is 14.6. The molecule has 0 aromatic heterocycles. The van der Waals surface area contributed by atoms with E-state index in [0.717, 1.165) is 12.3 Å². The van der Waals surface area contributed by atoms with Crippen LogP contribution in [0, 0.1) is 23.0 Å². The van der Waals surface area contributed by atoms with Crippen molar-refractivity contribution in [2.24, 2.45) is 11.3 Å². The fourth-order valence-electron chi connectivity index (χ4n) is 2.46. The Bertz CT molecular complexity index is 743. The van der Waals surface area contributed by atoms with Gasteiger partial charge in [-0.15, -0.1) is 0 Å². The molecule has 0 saturated heterocycles. The van der Waals surface area contributed by atoms with Crippen LogP contribution in [0.4, 0.5) is 14.5 Å². The minimum atomic E-state index is -1.65. The van der Waals surface area contributed by atoms with Gasteiger partial charge in [-0.05, 0) is 43.0 Å². The third-order valence-electron chi connectivity index (χ3n) is 4.33. The second kappa shape index (κ2) is 9.79. The lowest BCUT2D eigenvalue weighted by Gasteiger charge is -2.32. The molecule has 0 heterocycles. The van der Waals surface area contributed by atoms with Crippen molar-refractivity contribution in [1.29, 1.82) is 0 Å². The lowest BCUT2D eigenvalue weighted by atomic mass is 9.77.